The van der Waals surface area contributed by atoms with E-state index < -0.39 is 0 Å². The van der Waals surface area contributed by atoms with Gasteiger partial charge in [-0.3, -0.25) is 4.79 Å². The normalized spacial score (nSPS) is 20.4. The monoisotopic (exact) mass is 528 g/mol. The van der Waals surface area contributed by atoms with E-state index in [1.807, 2.05) is 18.2 Å². The van der Waals surface area contributed by atoms with Gasteiger partial charge in [0.1, 0.15) is 23.4 Å². The lowest BCUT2D eigenvalue weighted by molar-refractivity contribution is -0.141. The number of aryl methyl sites for hydroxylation is 2. The van der Waals surface area contributed by atoms with E-state index in [0.717, 1.165) is 48.9 Å². The van der Waals surface area contributed by atoms with Crippen LogP contribution in [0.5, 0.6) is 17.2 Å². The van der Waals surface area contributed by atoms with Crippen molar-refractivity contribution >= 4 is 5.97 Å². The molecule has 3 aliphatic rings. The summed E-state index contributed by atoms with van der Waals surface area (Å²) in [6.07, 6.45) is 2.20. The Morgan fingerprint density at radius 1 is 1.03 bits per heavy atom. The first-order chi connectivity index (χ1) is 18.8. The molecule has 2 atom stereocenters. The summed E-state index contributed by atoms with van der Waals surface area (Å²) in [5.41, 5.74) is 8.75. The third-order valence-corrected chi connectivity index (χ3v) is 8.26. The van der Waals surface area contributed by atoms with Crippen LogP contribution in [0.25, 0.3) is 11.1 Å². The summed E-state index contributed by atoms with van der Waals surface area (Å²) in [7, 11) is 1.42. The number of hydrogen-bond acceptors (Lipinski definition) is 6. The Hall–Kier alpha value is -3.51. The maximum atomic E-state index is 11.7. The number of methoxy groups -OCH3 is 1. The summed E-state index contributed by atoms with van der Waals surface area (Å²) >= 11 is 0. The molecule has 1 aliphatic carbocycles. The van der Waals surface area contributed by atoms with Crippen molar-refractivity contribution < 1.29 is 28.5 Å². The Bertz CT molecular complexity index is 1380. The smallest absolute Gasteiger partial charge is 0.306 e. The standard InChI is InChI=1S/C33H36O6/c1-20-12-24(38-19-33(3)17-36-18-33)13-21(2)32(20)28-7-5-6-27-26(28)10-11-29(27)39-23-8-9-25-22(14-31(34)35-4)16-37-30(25)15-23/h5-9,12-13,15,22,29H,10-11,14,16-19H2,1-4H3/t22?,29-/m1/s1. The fraction of sp³-hybridized carbons (Fsp3) is 0.424. The molecule has 0 amide bonds. The minimum Gasteiger partial charge on any atom is -0.493 e. The maximum Gasteiger partial charge on any atom is 0.306 e. The van der Waals surface area contributed by atoms with E-state index in [1.54, 1.807) is 0 Å². The number of hydrogen-bond donors (Lipinski definition) is 0. The van der Waals surface area contributed by atoms with Crippen molar-refractivity contribution in [3.8, 4) is 28.4 Å². The fourth-order valence-electron chi connectivity index (χ4n) is 6.14. The summed E-state index contributed by atoms with van der Waals surface area (Å²) in [5.74, 6) is 2.30. The zero-order chi connectivity index (χ0) is 27.1. The van der Waals surface area contributed by atoms with Gasteiger partial charge in [-0.2, -0.15) is 0 Å². The van der Waals surface area contributed by atoms with E-state index >= 15 is 0 Å². The van der Waals surface area contributed by atoms with Crippen molar-refractivity contribution in [2.75, 3.05) is 33.5 Å². The lowest BCUT2D eigenvalue weighted by Crippen LogP contribution is -2.44. The lowest BCUT2D eigenvalue weighted by Gasteiger charge is -2.37. The molecule has 2 heterocycles. The Balaban J connectivity index is 1.20. The highest BCUT2D eigenvalue weighted by Gasteiger charge is 2.34. The van der Waals surface area contributed by atoms with Gasteiger partial charge < -0.3 is 23.7 Å². The lowest BCUT2D eigenvalue weighted by atomic mass is 9.89. The SMILES string of the molecule is COC(=O)CC1COc2cc(O[C@@H]3CCc4c(-c5c(C)cc(OCC6(C)COC6)cc5C)cccc43)ccc21. The van der Waals surface area contributed by atoms with E-state index in [9.17, 15) is 4.79 Å². The molecule has 0 spiro atoms. The third kappa shape index (κ3) is 4.98. The second-order valence-electron chi connectivity index (χ2n) is 11.5. The number of fused-ring (bicyclic) bond motifs is 2. The number of carbonyl (C=O) groups is 1. The van der Waals surface area contributed by atoms with E-state index in [0.29, 0.717) is 19.6 Å². The zero-order valence-corrected chi connectivity index (χ0v) is 23.2. The molecule has 6 nitrogen and oxygen atoms in total. The van der Waals surface area contributed by atoms with E-state index in [-0.39, 0.29) is 23.4 Å². The van der Waals surface area contributed by atoms with Gasteiger partial charge in [-0.1, -0.05) is 31.2 Å². The molecule has 6 heteroatoms. The Labute approximate surface area is 230 Å². The molecule has 0 aromatic heterocycles. The van der Waals surface area contributed by atoms with Gasteiger partial charge >= 0.3 is 5.97 Å². The van der Waals surface area contributed by atoms with Crippen molar-refractivity contribution in [1.29, 1.82) is 0 Å². The molecule has 1 saturated heterocycles. The molecule has 2 aliphatic heterocycles. The first-order valence-electron chi connectivity index (χ1n) is 13.8. The summed E-state index contributed by atoms with van der Waals surface area (Å²) < 4.78 is 28.8. The molecule has 0 N–H and O–H groups in total. The van der Waals surface area contributed by atoms with Crippen molar-refractivity contribution in [1.82, 2.24) is 0 Å². The Morgan fingerprint density at radius 3 is 2.54 bits per heavy atom. The number of rotatable bonds is 8. The number of benzene rings is 3. The van der Waals surface area contributed by atoms with Crippen LogP contribution in [-0.2, 0) is 20.7 Å². The molecule has 3 aromatic rings. The van der Waals surface area contributed by atoms with E-state index in [1.165, 1.54) is 40.5 Å². The van der Waals surface area contributed by atoms with Gasteiger partial charge in [0.05, 0.1) is 40.0 Å². The summed E-state index contributed by atoms with van der Waals surface area (Å²) in [5, 5.41) is 0. The molecular formula is C33H36O6. The average molecular weight is 529 g/mol. The number of ether oxygens (including phenoxy) is 5. The molecule has 0 saturated carbocycles. The van der Waals surface area contributed by atoms with Crippen LogP contribution in [0.2, 0.25) is 0 Å². The van der Waals surface area contributed by atoms with Gasteiger partial charge in [0, 0.05) is 23.0 Å². The van der Waals surface area contributed by atoms with Gasteiger partial charge in [-0.15, -0.1) is 0 Å². The molecule has 204 valence electrons. The van der Waals surface area contributed by atoms with Crippen molar-refractivity contribution in [3.05, 3.63) is 76.3 Å². The molecular weight excluding hydrogens is 492 g/mol. The Kier molecular flexibility index (Phi) is 6.76. The molecule has 1 fully saturated rings. The largest absolute Gasteiger partial charge is 0.493 e. The van der Waals surface area contributed by atoms with E-state index in [2.05, 4.69) is 51.1 Å². The van der Waals surface area contributed by atoms with Crippen LogP contribution in [-0.4, -0.2) is 39.5 Å². The quantitative estimate of drug-likeness (QED) is 0.312. The van der Waals surface area contributed by atoms with Gasteiger partial charge in [0.25, 0.3) is 0 Å². The summed E-state index contributed by atoms with van der Waals surface area (Å²) in [4.78, 5) is 11.7. The van der Waals surface area contributed by atoms with Crippen molar-refractivity contribution in [2.45, 2.75) is 52.1 Å². The first kappa shape index (κ1) is 25.8. The molecule has 1 unspecified atom stereocenters. The molecule has 6 rings (SSSR count). The van der Waals surface area contributed by atoms with Gasteiger partial charge in [-0.25, -0.2) is 0 Å². The van der Waals surface area contributed by atoms with Gasteiger partial charge in [0.2, 0.25) is 0 Å². The molecule has 0 bridgehead atoms. The number of carbonyl (C=O) groups excluding carboxylic acids is 1. The Morgan fingerprint density at radius 2 is 1.82 bits per heavy atom. The van der Waals surface area contributed by atoms with Crippen LogP contribution in [0, 0.1) is 19.3 Å². The number of esters is 1. The minimum absolute atomic E-state index is 0.0149. The highest BCUT2D eigenvalue weighted by molar-refractivity contribution is 5.76. The van der Waals surface area contributed by atoms with Crippen LogP contribution >= 0.6 is 0 Å². The molecule has 3 aromatic carbocycles. The van der Waals surface area contributed by atoms with Crippen LogP contribution in [0.1, 0.15) is 59.6 Å². The van der Waals surface area contributed by atoms with Gasteiger partial charge in [0.15, 0.2) is 0 Å². The molecule has 0 radical (unpaired) electrons. The average Bonchev–Trinajstić information content (AvgIpc) is 3.50. The fourth-order valence-corrected chi connectivity index (χ4v) is 6.14. The second kappa shape index (κ2) is 10.2. The van der Waals surface area contributed by atoms with Crippen molar-refractivity contribution in [3.63, 3.8) is 0 Å². The topological polar surface area (TPSA) is 63.2 Å². The zero-order valence-electron chi connectivity index (χ0n) is 23.2. The van der Waals surface area contributed by atoms with Crippen LogP contribution in [0.15, 0.2) is 48.5 Å². The maximum absolute atomic E-state index is 11.7. The molecule has 39 heavy (non-hydrogen) atoms. The van der Waals surface area contributed by atoms with Crippen LogP contribution in [0.4, 0.5) is 0 Å². The predicted octanol–water partition coefficient (Wildman–Crippen LogP) is 6.49. The highest BCUT2D eigenvalue weighted by Crippen LogP contribution is 2.44. The highest BCUT2D eigenvalue weighted by atomic mass is 16.5. The summed E-state index contributed by atoms with van der Waals surface area (Å²) in [6.45, 7) is 9.22. The minimum atomic E-state index is -0.221. The second-order valence-corrected chi connectivity index (χ2v) is 11.5. The van der Waals surface area contributed by atoms with E-state index in [4.69, 9.17) is 23.7 Å². The predicted molar refractivity (Wildman–Crippen MR) is 149 cm³/mol. The van der Waals surface area contributed by atoms with Crippen LogP contribution in [0.3, 0.4) is 0 Å². The summed E-state index contributed by atoms with van der Waals surface area (Å²) in [6, 6.07) is 16.8. The third-order valence-electron chi connectivity index (χ3n) is 8.26. The van der Waals surface area contributed by atoms with Crippen LogP contribution < -0.4 is 14.2 Å². The van der Waals surface area contributed by atoms with Crippen molar-refractivity contribution in [2.24, 2.45) is 5.41 Å². The first-order valence-corrected chi connectivity index (χ1v) is 13.8. The van der Waals surface area contributed by atoms with Gasteiger partial charge in [-0.05, 0) is 78.3 Å².